The van der Waals surface area contributed by atoms with Crippen molar-refractivity contribution in [2.45, 2.75) is 43.9 Å². The van der Waals surface area contributed by atoms with Gasteiger partial charge in [-0.2, -0.15) is 5.10 Å². The van der Waals surface area contributed by atoms with Gasteiger partial charge in [-0.05, 0) is 31.2 Å². The van der Waals surface area contributed by atoms with E-state index in [-0.39, 0.29) is 12.3 Å². The number of nitrogens with zero attached hydrogens (tertiary/aromatic N) is 1. The fourth-order valence-corrected chi connectivity index (χ4v) is 2.57. The van der Waals surface area contributed by atoms with Crippen molar-refractivity contribution < 1.29 is 9.90 Å². The number of aromatic nitrogens is 2. The molecule has 0 bridgehead atoms. The SMILES string of the molecule is O=C(O)CC1CCc2c(C3CC3)n[nH]c21. The molecule has 1 aromatic rings. The summed E-state index contributed by atoms with van der Waals surface area (Å²) in [7, 11) is 0. The van der Waals surface area contributed by atoms with E-state index in [0.717, 1.165) is 18.5 Å². The van der Waals surface area contributed by atoms with Crippen LogP contribution in [-0.2, 0) is 11.2 Å². The molecule has 1 unspecified atom stereocenters. The van der Waals surface area contributed by atoms with Crippen molar-refractivity contribution in [2.24, 2.45) is 0 Å². The zero-order valence-electron chi connectivity index (χ0n) is 8.49. The number of carboxylic acid groups (broad SMARTS) is 1. The first-order chi connectivity index (χ1) is 7.25. The molecule has 1 aromatic heterocycles. The van der Waals surface area contributed by atoms with Gasteiger partial charge in [0.1, 0.15) is 0 Å². The number of carboxylic acids is 1. The van der Waals surface area contributed by atoms with Crippen LogP contribution in [-0.4, -0.2) is 21.3 Å². The predicted molar refractivity (Wildman–Crippen MR) is 53.9 cm³/mol. The highest BCUT2D eigenvalue weighted by molar-refractivity contribution is 5.68. The van der Waals surface area contributed by atoms with Gasteiger partial charge in [-0.3, -0.25) is 9.89 Å². The van der Waals surface area contributed by atoms with Gasteiger partial charge in [0.05, 0.1) is 12.1 Å². The lowest BCUT2D eigenvalue weighted by Crippen LogP contribution is -2.03. The summed E-state index contributed by atoms with van der Waals surface area (Å²) >= 11 is 0. The average Bonchev–Trinajstić information content (AvgIpc) is 2.81. The Labute approximate surface area is 87.7 Å². The summed E-state index contributed by atoms with van der Waals surface area (Å²) in [5.74, 6) is 0.112. The molecule has 1 heterocycles. The Morgan fingerprint density at radius 3 is 2.93 bits per heavy atom. The van der Waals surface area contributed by atoms with E-state index in [4.69, 9.17) is 5.11 Å². The van der Waals surface area contributed by atoms with Crippen molar-refractivity contribution in [3.05, 3.63) is 17.0 Å². The molecule has 3 rings (SSSR count). The Balaban J connectivity index is 1.87. The lowest BCUT2D eigenvalue weighted by Gasteiger charge is -2.03. The Hall–Kier alpha value is -1.32. The van der Waals surface area contributed by atoms with E-state index < -0.39 is 5.97 Å². The summed E-state index contributed by atoms with van der Waals surface area (Å²) in [5.41, 5.74) is 3.64. The number of aliphatic carboxylic acids is 1. The lowest BCUT2D eigenvalue weighted by atomic mass is 10.0. The minimum absolute atomic E-state index is 0.164. The Morgan fingerprint density at radius 1 is 1.47 bits per heavy atom. The highest BCUT2D eigenvalue weighted by Gasteiger charge is 2.35. The second-order valence-electron chi connectivity index (χ2n) is 4.61. The number of hydrogen-bond donors (Lipinski definition) is 2. The van der Waals surface area contributed by atoms with Crippen molar-refractivity contribution in [3.63, 3.8) is 0 Å². The van der Waals surface area contributed by atoms with Crippen LogP contribution in [0.5, 0.6) is 0 Å². The highest BCUT2D eigenvalue weighted by atomic mass is 16.4. The maximum absolute atomic E-state index is 10.7. The number of H-pyrrole nitrogens is 1. The molecule has 2 N–H and O–H groups in total. The molecule has 4 nitrogen and oxygen atoms in total. The monoisotopic (exact) mass is 206 g/mol. The molecule has 1 fully saturated rings. The summed E-state index contributed by atoms with van der Waals surface area (Å²) in [6, 6.07) is 0. The molecule has 0 saturated heterocycles. The Kier molecular flexibility index (Phi) is 1.84. The van der Waals surface area contributed by atoms with Crippen LogP contribution in [0.15, 0.2) is 0 Å². The van der Waals surface area contributed by atoms with Gasteiger partial charge < -0.3 is 5.11 Å². The number of rotatable bonds is 3. The standard InChI is InChI=1S/C11H14N2O2/c14-9(15)5-7-3-4-8-10(6-1-2-6)12-13-11(7)8/h6-7H,1-5H2,(H,12,13)(H,14,15). The number of carbonyl (C=O) groups is 1. The van der Waals surface area contributed by atoms with E-state index in [9.17, 15) is 4.79 Å². The van der Waals surface area contributed by atoms with Gasteiger partial charge in [-0.1, -0.05) is 0 Å². The average molecular weight is 206 g/mol. The highest BCUT2D eigenvalue weighted by Crippen LogP contribution is 2.45. The van der Waals surface area contributed by atoms with Gasteiger partial charge >= 0.3 is 5.97 Å². The minimum atomic E-state index is -0.713. The third-order valence-electron chi connectivity index (χ3n) is 3.47. The van der Waals surface area contributed by atoms with E-state index in [1.54, 1.807) is 0 Å². The fourth-order valence-electron chi connectivity index (χ4n) is 2.57. The van der Waals surface area contributed by atoms with Crippen LogP contribution in [0.4, 0.5) is 0 Å². The van der Waals surface area contributed by atoms with Crippen molar-refractivity contribution in [2.75, 3.05) is 0 Å². The lowest BCUT2D eigenvalue weighted by molar-refractivity contribution is -0.137. The van der Waals surface area contributed by atoms with E-state index in [1.165, 1.54) is 24.1 Å². The van der Waals surface area contributed by atoms with Gasteiger partial charge in [0.2, 0.25) is 0 Å². The molecular weight excluding hydrogens is 192 g/mol. The summed E-state index contributed by atoms with van der Waals surface area (Å²) in [5, 5.41) is 16.2. The molecule has 4 heteroatoms. The summed E-state index contributed by atoms with van der Waals surface area (Å²) < 4.78 is 0. The quantitative estimate of drug-likeness (QED) is 0.792. The first-order valence-corrected chi connectivity index (χ1v) is 5.54. The summed E-state index contributed by atoms with van der Waals surface area (Å²) in [4.78, 5) is 10.7. The fraction of sp³-hybridized carbons (Fsp3) is 0.636. The number of aromatic amines is 1. The van der Waals surface area contributed by atoms with E-state index in [0.29, 0.717) is 5.92 Å². The van der Waals surface area contributed by atoms with Gasteiger partial charge in [0.25, 0.3) is 0 Å². The number of fused-ring (bicyclic) bond motifs is 1. The molecule has 1 saturated carbocycles. The molecule has 0 aliphatic heterocycles. The molecule has 15 heavy (non-hydrogen) atoms. The zero-order valence-corrected chi connectivity index (χ0v) is 8.49. The van der Waals surface area contributed by atoms with E-state index in [1.807, 2.05) is 0 Å². The van der Waals surface area contributed by atoms with Crippen LogP contribution < -0.4 is 0 Å². The van der Waals surface area contributed by atoms with Gasteiger partial charge in [-0.25, -0.2) is 0 Å². The van der Waals surface area contributed by atoms with Crippen molar-refractivity contribution in [1.82, 2.24) is 10.2 Å². The molecule has 0 radical (unpaired) electrons. The van der Waals surface area contributed by atoms with Gasteiger partial charge in [0.15, 0.2) is 0 Å². The normalized spacial score (nSPS) is 24.1. The van der Waals surface area contributed by atoms with E-state index in [2.05, 4.69) is 10.2 Å². The smallest absolute Gasteiger partial charge is 0.304 e. The Bertz CT molecular complexity index is 407. The van der Waals surface area contributed by atoms with Crippen LogP contribution in [0.2, 0.25) is 0 Å². The topological polar surface area (TPSA) is 66.0 Å². The molecule has 0 amide bonds. The van der Waals surface area contributed by atoms with Crippen LogP contribution >= 0.6 is 0 Å². The molecule has 2 aliphatic rings. The second-order valence-corrected chi connectivity index (χ2v) is 4.61. The Morgan fingerprint density at radius 2 is 2.27 bits per heavy atom. The summed E-state index contributed by atoms with van der Waals surface area (Å²) in [6.45, 7) is 0. The molecule has 0 spiro atoms. The van der Waals surface area contributed by atoms with Crippen molar-refractivity contribution in [3.8, 4) is 0 Å². The van der Waals surface area contributed by atoms with Crippen molar-refractivity contribution >= 4 is 5.97 Å². The van der Waals surface area contributed by atoms with Crippen LogP contribution in [0.25, 0.3) is 0 Å². The van der Waals surface area contributed by atoms with E-state index >= 15 is 0 Å². The van der Waals surface area contributed by atoms with Crippen LogP contribution in [0.3, 0.4) is 0 Å². The first-order valence-electron chi connectivity index (χ1n) is 5.54. The largest absolute Gasteiger partial charge is 0.481 e. The molecule has 2 aliphatic carbocycles. The summed E-state index contributed by atoms with van der Waals surface area (Å²) in [6.07, 6.45) is 4.71. The molecule has 0 aromatic carbocycles. The first kappa shape index (κ1) is 8.95. The number of hydrogen-bond acceptors (Lipinski definition) is 2. The molecular formula is C11H14N2O2. The van der Waals surface area contributed by atoms with Crippen LogP contribution in [0.1, 0.15) is 54.5 Å². The second kappa shape index (κ2) is 3.08. The van der Waals surface area contributed by atoms with Gasteiger partial charge in [-0.15, -0.1) is 0 Å². The third kappa shape index (κ3) is 1.44. The zero-order chi connectivity index (χ0) is 10.4. The minimum Gasteiger partial charge on any atom is -0.481 e. The predicted octanol–water partition coefficient (Wildman–Crippen LogP) is 1.79. The maximum atomic E-state index is 10.7. The maximum Gasteiger partial charge on any atom is 0.304 e. The van der Waals surface area contributed by atoms with Crippen molar-refractivity contribution in [1.29, 1.82) is 0 Å². The van der Waals surface area contributed by atoms with Gasteiger partial charge in [0, 0.05) is 17.5 Å². The molecule has 1 atom stereocenters. The number of nitrogens with one attached hydrogen (secondary N) is 1. The third-order valence-corrected chi connectivity index (χ3v) is 3.47. The van der Waals surface area contributed by atoms with Crippen LogP contribution in [0, 0.1) is 0 Å². The molecule has 80 valence electrons.